The highest BCUT2D eigenvalue weighted by Gasteiger charge is 2.32. The first-order chi connectivity index (χ1) is 8.47. The lowest BCUT2D eigenvalue weighted by molar-refractivity contribution is 0.0438. The molecule has 1 amide bonds. The number of hydrogen-bond donors (Lipinski definition) is 3. The molecule has 1 aromatic rings. The Morgan fingerprint density at radius 1 is 1.33 bits per heavy atom. The quantitative estimate of drug-likeness (QED) is 0.771. The van der Waals surface area contributed by atoms with Gasteiger partial charge in [0, 0.05) is 16.1 Å². The monoisotopic (exact) mass is 333 g/mol. The van der Waals surface area contributed by atoms with Crippen LogP contribution >= 0.6 is 27.5 Å². The summed E-state index contributed by atoms with van der Waals surface area (Å²) >= 11 is 9.10. The molecular weight excluding hydrogens is 321 g/mol. The van der Waals surface area contributed by atoms with E-state index in [1.54, 1.807) is 18.2 Å². The van der Waals surface area contributed by atoms with Crippen LogP contribution in [0.2, 0.25) is 5.02 Å². The Hall–Kier alpha value is -0.620. The maximum atomic E-state index is 11.9. The predicted molar refractivity (Wildman–Crippen MR) is 71.7 cm³/mol. The normalized spacial score (nSPS) is 27.2. The third-order valence-corrected chi connectivity index (χ3v) is 4.23. The van der Waals surface area contributed by atoms with Crippen molar-refractivity contribution in [3.05, 3.63) is 33.3 Å². The molecule has 98 valence electrons. The number of rotatable bonds is 2. The summed E-state index contributed by atoms with van der Waals surface area (Å²) in [6.45, 7) is 0. The summed E-state index contributed by atoms with van der Waals surface area (Å²) in [7, 11) is 0. The van der Waals surface area contributed by atoms with Crippen LogP contribution < -0.4 is 5.32 Å². The van der Waals surface area contributed by atoms with Gasteiger partial charge in [-0.2, -0.15) is 0 Å². The van der Waals surface area contributed by atoms with Crippen LogP contribution in [0.1, 0.15) is 23.2 Å². The van der Waals surface area contributed by atoms with Gasteiger partial charge in [-0.05, 0) is 47.0 Å². The first-order valence-corrected chi connectivity index (χ1v) is 6.76. The first kappa shape index (κ1) is 13.8. The summed E-state index contributed by atoms with van der Waals surface area (Å²) in [4.78, 5) is 11.9. The molecule has 2 rings (SSSR count). The lowest BCUT2D eigenvalue weighted by atomic mass is 10.2. The van der Waals surface area contributed by atoms with Gasteiger partial charge in [-0.15, -0.1) is 0 Å². The fraction of sp³-hybridized carbons (Fsp3) is 0.417. The van der Waals surface area contributed by atoms with E-state index in [0.29, 0.717) is 27.9 Å². The van der Waals surface area contributed by atoms with Gasteiger partial charge in [-0.25, -0.2) is 0 Å². The van der Waals surface area contributed by atoms with Crippen LogP contribution in [0.4, 0.5) is 0 Å². The summed E-state index contributed by atoms with van der Waals surface area (Å²) in [5, 5.41) is 22.1. The third kappa shape index (κ3) is 3.03. The van der Waals surface area contributed by atoms with Gasteiger partial charge in [0.15, 0.2) is 0 Å². The average molecular weight is 335 g/mol. The van der Waals surface area contributed by atoms with Crippen molar-refractivity contribution in [1.29, 1.82) is 0 Å². The van der Waals surface area contributed by atoms with Crippen molar-refractivity contribution in [2.24, 2.45) is 0 Å². The molecule has 1 aliphatic carbocycles. The molecule has 0 saturated heterocycles. The smallest absolute Gasteiger partial charge is 0.251 e. The van der Waals surface area contributed by atoms with E-state index in [1.807, 2.05) is 0 Å². The lowest BCUT2D eigenvalue weighted by Gasteiger charge is -2.12. The van der Waals surface area contributed by atoms with E-state index in [1.165, 1.54) is 0 Å². The molecule has 3 atom stereocenters. The number of carbonyl (C=O) groups excluding carboxylic acids is 1. The lowest BCUT2D eigenvalue weighted by Crippen LogP contribution is -2.33. The first-order valence-electron chi connectivity index (χ1n) is 5.59. The average Bonchev–Trinajstić information content (AvgIpc) is 2.61. The van der Waals surface area contributed by atoms with E-state index >= 15 is 0 Å². The second-order valence-electron chi connectivity index (χ2n) is 4.41. The van der Waals surface area contributed by atoms with Crippen molar-refractivity contribution in [3.8, 4) is 0 Å². The Bertz CT molecular complexity index is 459. The van der Waals surface area contributed by atoms with Gasteiger partial charge in [0.05, 0.1) is 17.2 Å². The van der Waals surface area contributed by atoms with E-state index in [4.69, 9.17) is 11.6 Å². The zero-order valence-electron chi connectivity index (χ0n) is 9.44. The second kappa shape index (κ2) is 5.57. The predicted octanol–water partition coefficient (Wildman–Crippen LogP) is 1.72. The largest absolute Gasteiger partial charge is 0.390 e. The van der Waals surface area contributed by atoms with Crippen LogP contribution in [-0.4, -0.2) is 34.4 Å². The van der Waals surface area contributed by atoms with Gasteiger partial charge >= 0.3 is 0 Å². The number of carbonyl (C=O) groups is 1. The number of halogens is 2. The highest BCUT2D eigenvalue weighted by molar-refractivity contribution is 9.10. The van der Waals surface area contributed by atoms with E-state index in [2.05, 4.69) is 21.2 Å². The molecule has 1 fully saturated rings. The molecular formula is C12H13BrClNO3. The van der Waals surface area contributed by atoms with Crippen LogP contribution in [0.3, 0.4) is 0 Å². The summed E-state index contributed by atoms with van der Waals surface area (Å²) < 4.78 is 0.656. The van der Waals surface area contributed by atoms with Crippen LogP contribution in [0.5, 0.6) is 0 Å². The Balaban J connectivity index is 2.02. The van der Waals surface area contributed by atoms with E-state index < -0.39 is 12.2 Å². The summed E-state index contributed by atoms with van der Waals surface area (Å²) in [6, 6.07) is 4.71. The van der Waals surface area contributed by atoms with Crippen molar-refractivity contribution < 1.29 is 15.0 Å². The summed E-state index contributed by atoms with van der Waals surface area (Å²) in [5.74, 6) is -0.237. The number of aliphatic hydroxyl groups is 2. The highest BCUT2D eigenvalue weighted by atomic mass is 79.9. The SMILES string of the molecule is O=C(NC1C[C@@H](O)[C@@H](O)C1)c1ccc(Cl)c(Br)c1. The zero-order valence-corrected chi connectivity index (χ0v) is 11.8. The van der Waals surface area contributed by atoms with E-state index in [-0.39, 0.29) is 11.9 Å². The minimum atomic E-state index is -0.757. The molecule has 0 bridgehead atoms. The van der Waals surface area contributed by atoms with Gasteiger partial charge in [-0.3, -0.25) is 4.79 Å². The zero-order chi connectivity index (χ0) is 13.3. The summed E-state index contributed by atoms with van der Waals surface area (Å²) in [5.41, 5.74) is 0.488. The Kier molecular flexibility index (Phi) is 4.27. The number of benzene rings is 1. The maximum absolute atomic E-state index is 11.9. The molecule has 1 aromatic carbocycles. The molecule has 0 spiro atoms. The van der Waals surface area contributed by atoms with Crippen LogP contribution in [0.15, 0.2) is 22.7 Å². The minimum Gasteiger partial charge on any atom is -0.390 e. The number of aliphatic hydroxyl groups excluding tert-OH is 2. The van der Waals surface area contributed by atoms with Crippen LogP contribution in [0, 0.1) is 0 Å². The standard InChI is InChI=1S/C12H13BrClNO3/c13-8-3-6(1-2-9(8)14)12(18)15-7-4-10(16)11(17)5-7/h1-3,7,10-11,16-17H,4-5H2,(H,15,18)/t7?,10-,11+. The van der Waals surface area contributed by atoms with Crippen molar-refractivity contribution in [3.63, 3.8) is 0 Å². The molecule has 1 aliphatic rings. The Morgan fingerprint density at radius 3 is 2.50 bits per heavy atom. The molecule has 0 heterocycles. The molecule has 3 N–H and O–H groups in total. The number of hydrogen-bond acceptors (Lipinski definition) is 3. The third-order valence-electron chi connectivity index (χ3n) is 3.01. The van der Waals surface area contributed by atoms with E-state index in [9.17, 15) is 15.0 Å². The molecule has 1 saturated carbocycles. The fourth-order valence-electron chi connectivity index (χ4n) is 2.02. The molecule has 0 aliphatic heterocycles. The summed E-state index contributed by atoms with van der Waals surface area (Å²) in [6.07, 6.45) is -0.761. The Morgan fingerprint density at radius 2 is 1.94 bits per heavy atom. The van der Waals surface area contributed by atoms with Gasteiger partial charge in [0.1, 0.15) is 0 Å². The molecule has 1 unspecified atom stereocenters. The van der Waals surface area contributed by atoms with E-state index in [0.717, 1.165) is 0 Å². The Labute approximate surface area is 118 Å². The molecule has 0 radical (unpaired) electrons. The number of nitrogens with one attached hydrogen (secondary N) is 1. The van der Waals surface area contributed by atoms with Crippen molar-refractivity contribution in [2.45, 2.75) is 31.1 Å². The topological polar surface area (TPSA) is 69.6 Å². The van der Waals surface area contributed by atoms with Gasteiger partial charge in [0.25, 0.3) is 5.91 Å². The molecule has 4 nitrogen and oxygen atoms in total. The van der Waals surface area contributed by atoms with Gasteiger partial charge in [-0.1, -0.05) is 11.6 Å². The van der Waals surface area contributed by atoms with Gasteiger partial charge < -0.3 is 15.5 Å². The van der Waals surface area contributed by atoms with Crippen molar-refractivity contribution >= 4 is 33.4 Å². The van der Waals surface area contributed by atoms with Gasteiger partial charge in [0.2, 0.25) is 0 Å². The minimum absolute atomic E-state index is 0.197. The second-order valence-corrected chi connectivity index (χ2v) is 5.67. The molecule has 18 heavy (non-hydrogen) atoms. The van der Waals surface area contributed by atoms with Crippen LogP contribution in [0.25, 0.3) is 0 Å². The maximum Gasteiger partial charge on any atom is 0.251 e. The van der Waals surface area contributed by atoms with Crippen LogP contribution in [-0.2, 0) is 0 Å². The fourth-order valence-corrected chi connectivity index (χ4v) is 2.51. The number of amides is 1. The van der Waals surface area contributed by atoms with Crippen molar-refractivity contribution in [2.75, 3.05) is 0 Å². The molecule has 0 aromatic heterocycles. The molecule has 6 heteroatoms. The highest BCUT2D eigenvalue weighted by Crippen LogP contribution is 2.24. The van der Waals surface area contributed by atoms with Crippen molar-refractivity contribution in [1.82, 2.24) is 5.32 Å².